The number of hydrogen-bond donors (Lipinski definition) is 1. The lowest BCUT2D eigenvalue weighted by molar-refractivity contribution is -0.113. The number of aromatic nitrogens is 3. The molecule has 0 spiro atoms. The van der Waals surface area contributed by atoms with E-state index >= 15 is 0 Å². The van der Waals surface area contributed by atoms with E-state index in [0.717, 1.165) is 5.75 Å². The van der Waals surface area contributed by atoms with Gasteiger partial charge in [0.2, 0.25) is 5.91 Å². The fourth-order valence-electron chi connectivity index (χ4n) is 3.09. The van der Waals surface area contributed by atoms with Gasteiger partial charge in [-0.25, -0.2) is 0 Å². The number of rotatable bonds is 10. The number of benzene rings is 2. The lowest BCUT2D eigenvalue weighted by Gasteiger charge is -2.16. The number of hydrogen-bond acceptors (Lipinski definition) is 5. The number of thioether (sulfide) groups is 1. The molecule has 1 amide bonds. The summed E-state index contributed by atoms with van der Waals surface area (Å²) in [5.41, 5.74) is 1.91. The Kier molecular flexibility index (Phi) is 8.36. The van der Waals surface area contributed by atoms with E-state index in [1.165, 1.54) is 17.3 Å². The van der Waals surface area contributed by atoms with Crippen LogP contribution in [0.3, 0.4) is 0 Å². The summed E-state index contributed by atoms with van der Waals surface area (Å²) >= 11 is 7.28. The minimum absolute atomic E-state index is 0.151. The van der Waals surface area contributed by atoms with Gasteiger partial charge in [0.25, 0.3) is 0 Å². The van der Waals surface area contributed by atoms with Crippen LogP contribution in [0.5, 0.6) is 5.75 Å². The third-order valence-corrected chi connectivity index (χ3v) is 5.92. The summed E-state index contributed by atoms with van der Waals surface area (Å²) < 4.78 is 8.01. The van der Waals surface area contributed by atoms with Gasteiger partial charge in [-0.05, 0) is 48.7 Å². The Morgan fingerprint density at radius 3 is 2.62 bits per heavy atom. The highest BCUT2D eigenvalue weighted by Crippen LogP contribution is 2.26. The molecule has 32 heavy (non-hydrogen) atoms. The van der Waals surface area contributed by atoms with Gasteiger partial charge in [0.05, 0.1) is 5.75 Å². The molecule has 2 aromatic carbocycles. The summed E-state index contributed by atoms with van der Waals surface area (Å²) in [6.07, 6.45) is 1.45. The van der Waals surface area contributed by atoms with Crippen molar-refractivity contribution in [3.63, 3.8) is 0 Å². The van der Waals surface area contributed by atoms with Crippen LogP contribution in [0, 0.1) is 0 Å². The second-order valence-electron chi connectivity index (χ2n) is 7.57. The number of nitrogens with zero attached hydrogens (tertiary/aromatic N) is 3. The van der Waals surface area contributed by atoms with Gasteiger partial charge in [-0.15, -0.1) is 16.8 Å². The maximum absolute atomic E-state index is 12.3. The van der Waals surface area contributed by atoms with Gasteiger partial charge in [-0.2, -0.15) is 0 Å². The van der Waals surface area contributed by atoms with Crippen molar-refractivity contribution in [1.82, 2.24) is 14.8 Å². The number of amides is 1. The monoisotopic (exact) mass is 470 g/mol. The molecule has 0 aliphatic rings. The quantitative estimate of drug-likeness (QED) is 0.286. The van der Waals surface area contributed by atoms with Crippen molar-refractivity contribution in [1.29, 1.82) is 0 Å². The maximum atomic E-state index is 12.3. The van der Waals surface area contributed by atoms with Crippen molar-refractivity contribution in [2.45, 2.75) is 44.5 Å². The lowest BCUT2D eigenvalue weighted by Crippen LogP contribution is -2.15. The van der Waals surface area contributed by atoms with E-state index in [1.807, 2.05) is 23.6 Å². The van der Waals surface area contributed by atoms with Crippen LogP contribution < -0.4 is 10.1 Å². The van der Waals surface area contributed by atoms with E-state index < -0.39 is 0 Å². The number of carbonyl (C=O) groups is 1. The SMILES string of the molecule is C=CCn1c(SCC(=O)Nc2cccc(Cl)c2)nnc1C(C)Oc1ccc(C(C)C)cc1. The van der Waals surface area contributed by atoms with Crippen molar-refractivity contribution in [2.75, 3.05) is 11.1 Å². The van der Waals surface area contributed by atoms with E-state index in [2.05, 4.69) is 48.1 Å². The first-order chi connectivity index (χ1) is 15.4. The molecule has 0 fully saturated rings. The van der Waals surface area contributed by atoms with Crippen LogP contribution in [0.1, 0.15) is 44.2 Å². The average Bonchev–Trinajstić information content (AvgIpc) is 3.15. The Hall–Kier alpha value is -2.77. The molecule has 1 aromatic heterocycles. The Morgan fingerprint density at radius 2 is 1.97 bits per heavy atom. The molecule has 0 aliphatic heterocycles. The molecule has 0 saturated heterocycles. The Bertz CT molecular complexity index is 1070. The van der Waals surface area contributed by atoms with Crippen molar-refractivity contribution in [3.05, 3.63) is 77.6 Å². The highest BCUT2D eigenvalue weighted by Gasteiger charge is 2.20. The van der Waals surface area contributed by atoms with Crippen LogP contribution in [0.15, 0.2) is 66.3 Å². The molecular weight excluding hydrogens is 444 g/mol. The number of nitrogens with one attached hydrogen (secondary N) is 1. The first-order valence-corrected chi connectivity index (χ1v) is 11.7. The van der Waals surface area contributed by atoms with Gasteiger partial charge >= 0.3 is 0 Å². The average molecular weight is 471 g/mol. The van der Waals surface area contributed by atoms with Gasteiger partial charge < -0.3 is 10.1 Å². The van der Waals surface area contributed by atoms with Gasteiger partial charge in [-0.3, -0.25) is 9.36 Å². The van der Waals surface area contributed by atoms with Crippen LogP contribution in [0.2, 0.25) is 5.02 Å². The predicted molar refractivity (Wildman–Crippen MR) is 131 cm³/mol. The van der Waals surface area contributed by atoms with Gasteiger partial charge in [0.15, 0.2) is 17.1 Å². The molecule has 1 heterocycles. The fraction of sp³-hybridized carbons (Fsp3) is 0.292. The minimum atomic E-state index is -0.318. The zero-order valence-electron chi connectivity index (χ0n) is 18.4. The zero-order chi connectivity index (χ0) is 23.1. The molecule has 168 valence electrons. The minimum Gasteiger partial charge on any atom is -0.483 e. The van der Waals surface area contributed by atoms with Gasteiger partial charge in [0, 0.05) is 17.3 Å². The molecule has 1 N–H and O–H groups in total. The number of anilines is 1. The number of allylic oxidation sites excluding steroid dienone is 1. The van der Waals surface area contributed by atoms with Crippen LogP contribution in [-0.2, 0) is 11.3 Å². The van der Waals surface area contributed by atoms with E-state index in [4.69, 9.17) is 16.3 Å². The summed E-state index contributed by atoms with van der Waals surface area (Å²) in [7, 11) is 0. The van der Waals surface area contributed by atoms with Crippen LogP contribution in [0.25, 0.3) is 0 Å². The second-order valence-corrected chi connectivity index (χ2v) is 8.95. The summed E-state index contributed by atoms with van der Waals surface area (Å²) in [6.45, 7) is 10.6. The Balaban J connectivity index is 1.66. The highest BCUT2D eigenvalue weighted by atomic mass is 35.5. The molecule has 0 bridgehead atoms. The van der Waals surface area contributed by atoms with Crippen LogP contribution in [0.4, 0.5) is 5.69 Å². The van der Waals surface area contributed by atoms with Crippen molar-refractivity contribution in [2.24, 2.45) is 0 Å². The summed E-state index contributed by atoms with van der Waals surface area (Å²) in [5.74, 6) is 1.95. The normalized spacial score (nSPS) is 11.9. The topological polar surface area (TPSA) is 69.0 Å². The molecule has 3 aromatic rings. The standard InChI is InChI=1S/C24H27ClN4O2S/c1-5-13-29-23(17(4)31-21-11-9-18(10-12-21)16(2)3)27-28-24(29)32-15-22(30)26-20-8-6-7-19(25)14-20/h5-12,14,16-17H,1,13,15H2,2-4H3,(H,26,30). The van der Waals surface area contributed by atoms with Crippen molar-refractivity contribution in [3.8, 4) is 5.75 Å². The van der Waals surface area contributed by atoms with Crippen molar-refractivity contribution < 1.29 is 9.53 Å². The summed E-state index contributed by atoms with van der Waals surface area (Å²) in [6, 6.07) is 15.1. The van der Waals surface area contributed by atoms with Crippen LogP contribution in [-0.4, -0.2) is 26.4 Å². The molecule has 6 nitrogen and oxygen atoms in total. The van der Waals surface area contributed by atoms with E-state index in [1.54, 1.807) is 30.3 Å². The second kappa shape index (κ2) is 11.2. The summed E-state index contributed by atoms with van der Waals surface area (Å²) in [5, 5.41) is 12.6. The highest BCUT2D eigenvalue weighted by molar-refractivity contribution is 7.99. The molecule has 0 saturated carbocycles. The van der Waals surface area contributed by atoms with Crippen LogP contribution >= 0.6 is 23.4 Å². The largest absolute Gasteiger partial charge is 0.483 e. The third kappa shape index (κ3) is 6.37. The zero-order valence-corrected chi connectivity index (χ0v) is 20.0. The summed E-state index contributed by atoms with van der Waals surface area (Å²) in [4.78, 5) is 12.3. The van der Waals surface area contributed by atoms with E-state index in [0.29, 0.717) is 34.2 Å². The van der Waals surface area contributed by atoms with Crippen molar-refractivity contribution >= 4 is 35.0 Å². The first-order valence-electron chi connectivity index (χ1n) is 10.4. The number of carbonyl (C=O) groups excluding carboxylic acids is 1. The maximum Gasteiger partial charge on any atom is 0.234 e. The Morgan fingerprint density at radius 1 is 1.22 bits per heavy atom. The molecule has 1 atom stereocenters. The Labute approximate surface area is 198 Å². The molecule has 0 radical (unpaired) electrons. The number of ether oxygens (including phenoxy) is 1. The fourth-order valence-corrected chi connectivity index (χ4v) is 4.03. The molecule has 8 heteroatoms. The van der Waals surface area contributed by atoms with E-state index in [9.17, 15) is 4.79 Å². The van der Waals surface area contributed by atoms with Gasteiger partial charge in [-0.1, -0.05) is 61.5 Å². The first kappa shape index (κ1) is 23.9. The molecule has 0 aliphatic carbocycles. The van der Waals surface area contributed by atoms with E-state index in [-0.39, 0.29) is 17.8 Å². The lowest BCUT2D eigenvalue weighted by atomic mass is 10.0. The molecule has 1 unspecified atom stereocenters. The van der Waals surface area contributed by atoms with Gasteiger partial charge in [0.1, 0.15) is 5.75 Å². The third-order valence-electron chi connectivity index (χ3n) is 4.72. The smallest absolute Gasteiger partial charge is 0.234 e. The predicted octanol–water partition coefficient (Wildman–Crippen LogP) is 6.11. The molecular formula is C24H27ClN4O2S. The number of halogens is 1. The molecule has 3 rings (SSSR count).